The summed E-state index contributed by atoms with van der Waals surface area (Å²) in [5, 5.41) is 0. The number of nitrogens with zero attached hydrogens (tertiary/aromatic N) is 1. The van der Waals surface area contributed by atoms with Gasteiger partial charge in [-0.25, -0.2) is 0 Å². The van der Waals surface area contributed by atoms with Crippen LogP contribution in [0, 0.1) is 4.64 Å². The van der Waals surface area contributed by atoms with Crippen LogP contribution in [0.25, 0.3) is 11.3 Å². The Bertz CT molecular complexity index is 485. The number of aromatic nitrogens is 1. The highest BCUT2D eigenvalue weighted by Crippen LogP contribution is 2.17. The molecule has 0 amide bonds. The first-order valence-electron chi connectivity index (χ1n) is 4.50. The van der Waals surface area contributed by atoms with Gasteiger partial charge in [0.2, 0.25) is 0 Å². The number of hydrogen-bond donors (Lipinski definition) is 0. The predicted octanol–water partition coefficient (Wildman–Crippen LogP) is 3.42. The van der Waals surface area contributed by atoms with Crippen LogP contribution < -0.4 is 0 Å². The van der Waals surface area contributed by atoms with E-state index in [1.54, 1.807) is 0 Å². The summed E-state index contributed by atoms with van der Waals surface area (Å²) >= 11 is 5.20. The molecule has 0 aliphatic heterocycles. The first kappa shape index (κ1) is 9.16. The van der Waals surface area contributed by atoms with Gasteiger partial charge in [0.05, 0.1) is 0 Å². The van der Waals surface area contributed by atoms with Crippen LogP contribution in [0.5, 0.6) is 0 Å². The van der Waals surface area contributed by atoms with Gasteiger partial charge in [0.15, 0.2) is 0 Å². The minimum absolute atomic E-state index is 0.853. The second kappa shape index (κ2) is 3.76. The SMILES string of the molecule is Cn1c(-c2ccccc2)cccc1=S. The van der Waals surface area contributed by atoms with E-state index in [9.17, 15) is 0 Å². The van der Waals surface area contributed by atoms with Gasteiger partial charge >= 0.3 is 0 Å². The average Bonchev–Trinajstić information content (AvgIpc) is 2.23. The molecule has 0 saturated heterocycles. The molecule has 0 radical (unpaired) electrons. The third kappa shape index (κ3) is 1.61. The maximum atomic E-state index is 5.20. The highest BCUT2D eigenvalue weighted by atomic mass is 32.1. The van der Waals surface area contributed by atoms with Crippen molar-refractivity contribution in [2.45, 2.75) is 0 Å². The van der Waals surface area contributed by atoms with Crippen molar-refractivity contribution in [3.05, 3.63) is 53.2 Å². The summed E-state index contributed by atoms with van der Waals surface area (Å²) in [5.74, 6) is 0. The number of benzene rings is 1. The number of hydrogen-bond acceptors (Lipinski definition) is 1. The lowest BCUT2D eigenvalue weighted by molar-refractivity contribution is 0.898. The minimum atomic E-state index is 0.853. The van der Waals surface area contributed by atoms with Gasteiger partial charge in [0.1, 0.15) is 4.64 Å². The van der Waals surface area contributed by atoms with Crippen molar-refractivity contribution in [3.63, 3.8) is 0 Å². The standard InChI is InChI=1S/C12H11NS/c1-13-11(8-5-9-12(13)14)10-6-3-2-4-7-10/h2-9H,1H3. The molecular weight excluding hydrogens is 190 g/mol. The Balaban J connectivity index is 2.64. The smallest absolute Gasteiger partial charge is 0.106 e. The lowest BCUT2D eigenvalue weighted by atomic mass is 10.1. The fourth-order valence-electron chi connectivity index (χ4n) is 1.46. The monoisotopic (exact) mass is 201 g/mol. The Kier molecular flexibility index (Phi) is 2.46. The van der Waals surface area contributed by atoms with E-state index in [1.807, 2.05) is 41.9 Å². The lowest BCUT2D eigenvalue weighted by Gasteiger charge is -2.08. The number of pyridine rings is 1. The molecule has 70 valence electrons. The van der Waals surface area contributed by atoms with E-state index in [1.165, 1.54) is 5.56 Å². The molecule has 2 heteroatoms. The molecule has 0 saturated carbocycles. The highest BCUT2D eigenvalue weighted by molar-refractivity contribution is 7.71. The van der Waals surface area contributed by atoms with Gasteiger partial charge in [0.25, 0.3) is 0 Å². The summed E-state index contributed by atoms with van der Waals surface area (Å²) in [4.78, 5) is 0. The molecule has 14 heavy (non-hydrogen) atoms. The van der Waals surface area contributed by atoms with E-state index < -0.39 is 0 Å². The van der Waals surface area contributed by atoms with E-state index in [4.69, 9.17) is 12.2 Å². The summed E-state index contributed by atoms with van der Waals surface area (Å²) in [7, 11) is 1.99. The second-order valence-electron chi connectivity index (χ2n) is 3.17. The Morgan fingerprint density at radius 3 is 2.36 bits per heavy atom. The Labute approximate surface area is 88.6 Å². The Morgan fingerprint density at radius 2 is 1.64 bits per heavy atom. The molecule has 2 rings (SSSR count). The topological polar surface area (TPSA) is 4.93 Å². The molecule has 1 aromatic carbocycles. The first-order chi connectivity index (χ1) is 6.79. The van der Waals surface area contributed by atoms with E-state index in [0.29, 0.717) is 0 Å². The Morgan fingerprint density at radius 1 is 0.929 bits per heavy atom. The molecule has 0 aliphatic carbocycles. The van der Waals surface area contributed by atoms with Gasteiger partial charge in [-0.05, 0) is 17.7 Å². The van der Waals surface area contributed by atoms with Crippen molar-refractivity contribution in [2.75, 3.05) is 0 Å². The van der Waals surface area contributed by atoms with Crippen molar-refractivity contribution in [1.82, 2.24) is 4.57 Å². The second-order valence-corrected chi connectivity index (χ2v) is 3.59. The summed E-state index contributed by atoms with van der Waals surface area (Å²) in [6.07, 6.45) is 0. The van der Waals surface area contributed by atoms with E-state index in [-0.39, 0.29) is 0 Å². The zero-order chi connectivity index (χ0) is 9.97. The van der Waals surface area contributed by atoms with Gasteiger partial charge in [-0.2, -0.15) is 0 Å². The van der Waals surface area contributed by atoms with Gasteiger partial charge in [-0.1, -0.05) is 48.6 Å². The van der Waals surface area contributed by atoms with Gasteiger partial charge < -0.3 is 4.57 Å². The van der Waals surface area contributed by atoms with E-state index in [2.05, 4.69) is 18.2 Å². The minimum Gasteiger partial charge on any atom is -0.335 e. The van der Waals surface area contributed by atoms with Crippen LogP contribution in [0.3, 0.4) is 0 Å². The van der Waals surface area contributed by atoms with Crippen LogP contribution in [0.2, 0.25) is 0 Å². The van der Waals surface area contributed by atoms with Crippen molar-refractivity contribution in [3.8, 4) is 11.3 Å². The van der Waals surface area contributed by atoms with Crippen LogP contribution in [-0.4, -0.2) is 4.57 Å². The number of rotatable bonds is 1. The third-order valence-corrected chi connectivity index (χ3v) is 2.66. The van der Waals surface area contributed by atoms with E-state index in [0.717, 1.165) is 10.3 Å². The van der Waals surface area contributed by atoms with Crippen LogP contribution in [0.4, 0.5) is 0 Å². The predicted molar refractivity (Wildman–Crippen MR) is 61.7 cm³/mol. The third-order valence-electron chi connectivity index (χ3n) is 2.25. The van der Waals surface area contributed by atoms with Crippen LogP contribution in [0.1, 0.15) is 0 Å². The molecule has 2 aromatic rings. The largest absolute Gasteiger partial charge is 0.335 e. The lowest BCUT2D eigenvalue weighted by Crippen LogP contribution is -1.96. The molecule has 0 bridgehead atoms. The summed E-state index contributed by atoms with van der Waals surface area (Å²) in [5.41, 5.74) is 2.35. The van der Waals surface area contributed by atoms with Crippen LogP contribution >= 0.6 is 12.2 Å². The summed E-state index contributed by atoms with van der Waals surface area (Å²) in [6, 6.07) is 16.3. The highest BCUT2D eigenvalue weighted by Gasteiger charge is 1.98. The molecule has 1 aromatic heterocycles. The fourth-order valence-corrected chi connectivity index (χ4v) is 1.64. The summed E-state index contributed by atoms with van der Waals surface area (Å²) in [6.45, 7) is 0. The zero-order valence-corrected chi connectivity index (χ0v) is 8.79. The Hall–Kier alpha value is -1.41. The quantitative estimate of drug-likeness (QED) is 0.640. The molecular formula is C12H11NS. The maximum absolute atomic E-state index is 5.20. The van der Waals surface area contributed by atoms with Crippen molar-refractivity contribution in [2.24, 2.45) is 7.05 Å². The molecule has 0 N–H and O–H groups in total. The van der Waals surface area contributed by atoms with Gasteiger partial charge in [-0.3, -0.25) is 0 Å². The molecule has 0 unspecified atom stereocenters. The molecule has 0 atom stereocenters. The molecule has 0 fully saturated rings. The summed E-state index contributed by atoms with van der Waals surface area (Å²) < 4.78 is 2.87. The fraction of sp³-hybridized carbons (Fsp3) is 0.0833. The molecule has 1 nitrogen and oxygen atoms in total. The van der Waals surface area contributed by atoms with Gasteiger partial charge in [0, 0.05) is 12.7 Å². The van der Waals surface area contributed by atoms with Crippen LogP contribution in [0.15, 0.2) is 48.5 Å². The van der Waals surface area contributed by atoms with Crippen molar-refractivity contribution < 1.29 is 0 Å². The normalized spacial score (nSPS) is 10.1. The molecule has 0 spiro atoms. The first-order valence-corrected chi connectivity index (χ1v) is 4.91. The molecule has 1 heterocycles. The molecule has 0 aliphatic rings. The van der Waals surface area contributed by atoms with Crippen LogP contribution in [-0.2, 0) is 7.05 Å². The van der Waals surface area contributed by atoms with Gasteiger partial charge in [-0.15, -0.1) is 0 Å². The average molecular weight is 201 g/mol. The van der Waals surface area contributed by atoms with Crippen molar-refractivity contribution in [1.29, 1.82) is 0 Å². The zero-order valence-electron chi connectivity index (χ0n) is 7.97. The maximum Gasteiger partial charge on any atom is 0.106 e. The van der Waals surface area contributed by atoms with Crippen molar-refractivity contribution >= 4 is 12.2 Å². The van der Waals surface area contributed by atoms with E-state index >= 15 is 0 Å².